The number of furan rings is 1. The Labute approximate surface area is 172 Å². The normalized spacial score (nSPS) is 14.8. The van der Waals surface area contributed by atoms with Gasteiger partial charge in [0, 0.05) is 18.7 Å². The zero-order chi connectivity index (χ0) is 20.4. The highest BCUT2D eigenvalue weighted by atomic mass is 32.2. The molecule has 0 aliphatic carbocycles. The number of carbonyl (C=O) groups excluding carboxylic acids is 2. The molecule has 9 heteroatoms. The van der Waals surface area contributed by atoms with Crippen molar-refractivity contribution < 1.29 is 14.0 Å². The summed E-state index contributed by atoms with van der Waals surface area (Å²) in [6.45, 7) is 5.10. The van der Waals surface area contributed by atoms with E-state index in [1.165, 1.54) is 16.7 Å². The maximum absolute atomic E-state index is 12.7. The number of benzene rings is 1. The van der Waals surface area contributed by atoms with Crippen LogP contribution < -0.4 is 5.32 Å². The summed E-state index contributed by atoms with van der Waals surface area (Å²) in [7, 11) is 0. The van der Waals surface area contributed by atoms with Crippen LogP contribution in [-0.4, -0.2) is 49.9 Å². The fourth-order valence-corrected chi connectivity index (χ4v) is 4.09. The molecule has 1 aromatic carbocycles. The van der Waals surface area contributed by atoms with Gasteiger partial charge in [-0.25, -0.2) is 4.79 Å². The van der Waals surface area contributed by atoms with E-state index in [1.807, 2.05) is 47.9 Å². The molecule has 29 heavy (non-hydrogen) atoms. The highest BCUT2D eigenvalue weighted by Crippen LogP contribution is 2.29. The maximum atomic E-state index is 12.7. The molecule has 0 saturated carbocycles. The lowest BCUT2D eigenvalue weighted by Crippen LogP contribution is -2.39. The zero-order valence-electron chi connectivity index (χ0n) is 16.2. The molecule has 1 fully saturated rings. The molecule has 3 heterocycles. The van der Waals surface area contributed by atoms with E-state index in [1.54, 1.807) is 13.2 Å². The van der Waals surface area contributed by atoms with E-state index in [0.717, 1.165) is 16.9 Å². The zero-order valence-corrected chi connectivity index (χ0v) is 17.0. The molecule has 3 amide bonds. The van der Waals surface area contributed by atoms with Gasteiger partial charge >= 0.3 is 6.03 Å². The van der Waals surface area contributed by atoms with E-state index in [9.17, 15) is 9.59 Å². The van der Waals surface area contributed by atoms with Crippen LogP contribution in [0, 0.1) is 6.92 Å². The first-order valence-electron chi connectivity index (χ1n) is 9.31. The number of carbonyl (C=O) groups is 2. The number of hydrogen-bond acceptors (Lipinski definition) is 6. The minimum Gasteiger partial charge on any atom is -0.467 e. The smallest absolute Gasteiger partial charge is 0.324 e. The number of rotatable bonds is 6. The molecule has 4 rings (SSSR count). The second kappa shape index (κ2) is 8.12. The van der Waals surface area contributed by atoms with Crippen molar-refractivity contribution >= 4 is 23.7 Å². The summed E-state index contributed by atoms with van der Waals surface area (Å²) in [6.07, 6.45) is 1.62. The lowest BCUT2D eigenvalue weighted by molar-refractivity contribution is -0.126. The number of aromatic nitrogens is 3. The summed E-state index contributed by atoms with van der Waals surface area (Å²) in [5.41, 5.74) is 2.06. The molecule has 8 nitrogen and oxygen atoms in total. The first-order valence-corrected chi connectivity index (χ1v) is 10.2. The molecule has 1 aliphatic rings. The Kier molecular flexibility index (Phi) is 5.39. The molecule has 1 aliphatic heterocycles. The number of hydrogen-bond donors (Lipinski definition) is 1. The molecule has 3 aromatic rings. The number of aryl methyl sites for hydroxylation is 1. The van der Waals surface area contributed by atoms with E-state index in [-0.39, 0.29) is 11.9 Å². The molecule has 1 N–H and O–H groups in total. The average Bonchev–Trinajstić information content (AvgIpc) is 3.44. The van der Waals surface area contributed by atoms with Crippen LogP contribution >= 0.6 is 11.8 Å². The SMILES string of the molecule is Cc1cccc(-c2nnc(S[C@@H](C)C(=O)N3CCNC3=O)n2Cc2ccco2)c1. The van der Waals surface area contributed by atoms with Crippen molar-refractivity contribution in [2.24, 2.45) is 0 Å². The minimum atomic E-state index is -0.483. The first-order chi connectivity index (χ1) is 14.0. The van der Waals surface area contributed by atoms with Crippen LogP contribution in [0.15, 0.2) is 52.2 Å². The van der Waals surface area contributed by atoms with Crippen LogP contribution in [0.1, 0.15) is 18.2 Å². The predicted molar refractivity (Wildman–Crippen MR) is 108 cm³/mol. The van der Waals surface area contributed by atoms with Gasteiger partial charge in [-0.2, -0.15) is 0 Å². The molecule has 150 valence electrons. The predicted octanol–water partition coefficient (Wildman–Crippen LogP) is 2.93. The van der Waals surface area contributed by atoms with E-state index in [4.69, 9.17) is 4.42 Å². The van der Waals surface area contributed by atoms with Crippen LogP contribution in [-0.2, 0) is 11.3 Å². The summed E-state index contributed by atoms with van der Waals surface area (Å²) in [5.74, 6) is 1.22. The van der Waals surface area contributed by atoms with Crippen molar-refractivity contribution in [1.29, 1.82) is 0 Å². The Hall–Kier alpha value is -3.07. The monoisotopic (exact) mass is 411 g/mol. The summed E-state index contributed by atoms with van der Waals surface area (Å²) >= 11 is 1.29. The van der Waals surface area contributed by atoms with E-state index in [0.29, 0.717) is 30.6 Å². The molecule has 0 radical (unpaired) electrons. The fraction of sp³-hybridized carbons (Fsp3) is 0.300. The Bertz CT molecular complexity index is 1030. The number of nitrogens with zero attached hydrogens (tertiary/aromatic N) is 4. The Morgan fingerprint density at radius 1 is 1.31 bits per heavy atom. The van der Waals surface area contributed by atoms with Gasteiger partial charge in [0.1, 0.15) is 5.76 Å². The van der Waals surface area contributed by atoms with Crippen LogP contribution in [0.4, 0.5) is 4.79 Å². The lowest BCUT2D eigenvalue weighted by Gasteiger charge is -2.17. The Morgan fingerprint density at radius 3 is 2.86 bits per heavy atom. The Morgan fingerprint density at radius 2 is 2.17 bits per heavy atom. The number of urea groups is 1. The molecule has 1 atom stereocenters. The third-order valence-electron chi connectivity index (χ3n) is 4.64. The summed E-state index contributed by atoms with van der Waals surface area (Å²) < 4.78 is 7.45. The van der Waals surface area contributed by atoms with Crippen molar-refractivity contribution in [3.8, 4) is 11.4 Å². The molecule has 0 bridgehead atoms. The van der Waals surface area contributed by atoms with E-state index in [2.05, 4.69) is 15.5 Å². The minimum absolute atomic E-state index is 0.241. The highest BCUT2D eigenvalue weighted by molar-refractivity contribution is 8.00. The molecule has 1 saturated heterocycles. The average molecular weight is 411 g/mol. The van der Waals surface area contributed by atoms with Gasteiger partial charge in [0.25, 0.3) is 0 Å². The maximum Gasteiger partial charge on any atom is 0.324 e. The number of amides is 3. The van der Waals surface area contributed by atoms with Gasteiger partial charge in [-0.3, -0.25) is 14.3 Å². The third kappa shape index (κ3) is 4.04. The largest absolute Gasteiger partial charge is 0.467 e. The quantitative estimate of drug-likeness (QED) is 0.627. The van der Waals surface area contributed by atoms with Gasteiger partial charge < -0.3 is 9.73 Å². The number of thioether (sulfide) groups is 1. The van der Waals surface area contributed by atoms with Crippen LogP contribution in [0.2, 0.25) is 0 Å². The second-order valence-corrected chi connectivity index (χ2v) is 8.13. The van der Waals surface area contributed by atoms with Crippen LogP contribution in [0.25, 0.3) is 11.4 Å². The van der Waals surface area contributed by atoms with Gasteiger partial charge in [0.2, 0.25) is 5.91 Å². The van der Waals surface area contributed by atoms with E-state index < -0.39 is 5.25 Å². The molecule has 0 spiro atoms. The van der Waals surface area contributed by atoms with Crippen molar-refractivity contribution in [2.45, 2.75) is 30.8 Å². The van der Waals surface area contributed by atoms with E-state index >= 15 is 0 Å². The van der Waals surface area contributed by atoms with Crippen molar-refractivity contribution in [2.75, 3.05) is 13.1 Å². The summed E-state index contributed by atoms with van der Waals surface area (Å²) in [4.78, 5) is 25.7. The number of imide groups is 1. The van der Waals surface area contributed by atoms with Gasteiger partial charge in [-0.1, -0.05) is 35.5 Å². The summed E-state index contributed by atoms with van der Waals surface area (Å²) in [5, 5.41) is 11.5. The standard InChI is InChI=1S/C20H21N5O3S/c1-13-5-3-6-15(11-13)17-22-23-20(25(17)12-16-7-4-10-28-16)29-14(2)18(26)24-9-8-21-19(24)27/h3-7,10-11,14H,8-9,12H2,1-2H3,(H,21,27)/t14-/m0/s1. The number of nitrogens with one attached hydrogen (secondary N) is 1. The third-order valence-corrected chi connectivity index (χ3v) is 5.71. The molecule has 2 aromatic heterocycles. The molecule has 0 unspecified atom stereocenters. The fourth-order valence-electron chi connectivity index (χ4n) is 3.18. The van der Waals surface area contributed by atoms with Crippen LogP contribution in [0.3, 0.4) is 0 Å². The highest BCUT2D eigenvalue weighted by Gasteiger charge is 2.31. The van der Waals surface area contributed by atoms with Gasteiger partial charge in [-0.05, 0) is 32.0 Å². The second-order valence-electron chi connectivity index (χ2n) is 6.82. The summed E-state index contributed by atoms with van der Waals surface area (Å²) in [6, 6.07) is 11.4. The lowest BCUT2D eigenvalue weighted by atomic mass is 10.1. The Balaban J connectivity index is 1.64. The van der Waals surface area contributed by atoms with Crippen molar-refractivity contribution in [3.05, 3.63) is 54.0 Å². The first kappa shape index (κ1) is 19.3. The van der Waals surface area contributed by atoms with Crippen molar-refractivity contribution in [3.63, 3.8) is 0 Å². The van der Waals surface area contributed by atoms with Gasteiger partial charge in [-0.15, -0.1) is 10.2 Å². The van der Waals surface area contributed by atoms with Gasteiger partial charge in [0.05, 0.1) is 18.1 Å². The molecular formula is C20H21N5O3S. The van der Waals surface area contributed by atoms with Crippen molar-refractivity contribution in [1.82, 2.24) is 25.0 Å². The van der Waals surface area contributed by atoms with Crippen LogP contribution in [0.5, 0.6) is 0 Å². The van der Waals surface area contributed by atoms with Gasteiger partial charge in [0.15, 0.2) is 11.0 Å². The topological polar surface area (TPSA) is 93.3 Å². The molecular weight excluding hydrogens is 390 g/mol.